The first-order valence-corrected chi connectivity index (χ1v) is 15.0. The van der Waals surface area contributed by atoms with E-state index in [1.807, 2.05) is 0 Å². The Bertz CT molecular complexity index is 1880. The first kappa shape index (κ1) is 34.3. The van der Waals surface area contributed by atoms with Crippen LogP contribution < -0.4 is 29.8 Å². The van der Waals surface area contributed by atoms with Gasteiger partial charge in [0.15, 0.2) is 0 Å². The van der Waals surface area contributed by atoms with Crippen LogP contribution in [0.15, 0.2) is 132 Å². The van der Waals surface area contributed by atoms with E-state index in [0.29, 0.717) is 33.8 Å². The molecular formula is C38H30N4O8. The zero-order chi connectivity index (χ0) is 35.3. The quantitative estimate of drug-likeness (QED) is 0.0745. The molecule has 0 aromatic heterocycles. The highest BCUT2D eigenvalue weighted by Gasteiger charge is 2.20. The third-order valence-electron chi connectivity index (χ3n) is 7.01. The molecule has 50 heavy (non-hydrogen) atoms. The summed E-state index contributed by atoms with van der Waals surface area (Å²) in [6, 6.07) is 32.1. The number of nitrogens with zero attached hydrogens (tertiary/aromatic N) is 2. The molecule has 0 unspecified atom stereocenters. The van der Waals surface area contributed by atoms with E-state index in [-0.39, 0.29) is 34.4 Å². The number of amides is 2. The second-order valence-corrected chi connectivity index (χ2v) is 10.3. The number of carbonyl (C=O) groups excluding carboxylic acids is 4. The van der Waals surface area contributed by atoms with Crippen LogP contribution in [0.3, 0.4) is 0 Å². The highest BCUT2D eigenvalue weighted by atomic mass is 16.5. The predicted octanol–water partition coefficient (Wildman–Crippen LogP) is 5.67. The fourth-order valence-electron chi connectivity index (χ4n) is 4.35. The van der Waals surface area contributed by atoms with Crippen molar-refractivity contribution in [1.29, 1.82) is 0 Å². The highest BCUT2D eigenvalue weighted by Crippen LogP contribution is 2.19. The molecule has 0 saturated heterocycles. The Morgan fingerprint density at radius 1 is 0.480 bits per heavy atom. The molecule has 0 bridgehead atoms. The summed E-state index contributed by atoms with van der Waals surface area (Å²) in [5, 5.41) is 7.93. The molecule has 0 spiro atoms. The molecule has 0 radical (unpaired) electrons. The molecule has 250 valence electrons. The van der Waals surface area contributed by atoms with Crippen molar-refractivity contribution in [2.45, 2.75) is 0 Å². The highest BCUT2D eigenvalue weighted by molar-refractivity contribution is 6.04. The lowest BCUT2D eigenvalue weighted by molar-refractivity contribution is 0.0692. The lowest BCUT2D eigenvalue weighted by Gasteiger charge is -2.10. The molecule has 12 heteroatoms. The third-order valence-corrected chi connectivity index (χ3v) is 7.01. The Balaban J connectivity index is 1.13. The Morgan fingerprint density at radius 2 is 0.820 bits per heavy atom. The molecule has 5 rings (SSSR count). The zero-order valence-electron chi connectivity index (χ0n) is 26.9. The lowest BCUT2D eigenvalue weighted by atomic mass is 10.1. The van der Waals surface area contributed by atoms with Crippen LogP contribution in [-0.4, -0.2) is 50.4 Å². The summed E-state index contributed by atoms with van der Waals surface area (Å²) in [5.74, 6) is -0.553. The second-order valence-electron chi connectivity index (χ2n) is 10.3. The molecule has 2 amide bonds. The topological polar surface area (TPSA) is 154 Å². The second kappa shape index (κ2) is 16.7. The van der Waals surface area contributed by atoms with Crippen LogP contribution >= 0.6 is 0 Å². The van der Waals surface area contributed by atoms with Gasteiger partial charge in [-0.25, -0.2) is 20.4 Å². The van der Waals surface area contributed by atoms with Crippen molar-refractivity contribution in [3.05, 3.63) is 155 Å². The van der Waals surface area contributed by atoms with Gasteiger partial charge in [-0.1, -0.05) is 12.1 Å². The zero-order valence-corrected chi connectivity index (χ0v) is 26.9. The maximum Gasteiger partial charge on any atom is 0.344 e. The molecular weight excluding hydrogens is 640 g/mol. The first-order valence-electron chi connectivity index (χ1n) is 15.0. The van der Waals surface area contributed by atoms with Crippen molar-refractivity contribution in [2.24, 2.45) is 10.2 Å². The number of esters is 2. The van der Waals surface area contributed by atoms with Gasteiger partial charge in [-0.05, 0) is 120 Å². The number of methoxy groups -OCH3 is 2. The smallest absolute Gasteiger partial charge is 0.344 e. The average molecular weight is 671 g/mol. The average Bonchev–Trinajstić information content (AvgIpc) is 3.16. The maximum atomic E-state index is 13.0. The van der Waals surface area contributed by atoms with Crippen molar-refractivity contribution in [1.82, 2.24) is 10.9 Å². The maximum absolute atomic E-state index is 13.0. The summed E-state index contributed by atoms with van der Waals surface area (Å²) in [4.78, 5) is 50.6. The summed E-state index contributed by atoms with van der Waals surface area (Å²) in [6.45, 7) is 0. The van der Waals surface area contributed by atoms with E-state index in [4.69, 9.17) is 18.9 Å². The lowest BCUT2D eigenvalue weighted by Crippen LogP contribution is -2.17. The van der Waals surface area contributed by atoms with Gasteiger partial charge < -0.3 is 18.9 Å². The minimum Gasteiger partial charge on any atom is -0.497 e. The van der Waals surface area contributed by atoms with Crippen LogP contribution in [0, 0.1) is 0 Å². The van der Waals surface area contributed by atoms with E-state index in [2.05, 4.69) is 21.1 Å². The summed E-state index contributed by atoms with van der Waals surface area (Å²) in [5.41, 5.74) is 7.04. The number of ether oxygens (including phenoxy) is 4. The largest absolute Gasteiger partial charge is 0.497 e. The minimum absolute atomic E-state index is 0.0146. The van der Waals surface area contributed by atoms with Crippen LogP contribution in [0.25, 0.3) is 0 Å². The number of rotatable bonds is 12. The van der Waals surface area contributed by atoms with E-state index in [1.54, 1.807) is 123 Å². The molecule has 0 fully saturated rings. The van der Waals surface area contributed by atoms with Crippen LogP contribution in [0.4, 0.5) is 0 Å². The number of hydrogen-bond acceptors (Lipinski definition) is 10. The van der Waals surface area contributed by atoms with Gasteiger partial charge in [0.05, 0.1) is 37.8 Å². The summed E-state index contributed by atoms with van der Waals surface area (Å²) in [7, 11) is 3.08. The monoisotopic (exact) mass is 670 g/mol. The number of nitrogens with one attached hydrogen (secondary N) is 2. The standard InChI is InChI=1S/C38H30N4O8/c1-47-29-19-11-27(12-20-29)35(43)41-39-23-25-7-15-31(16-8-25)49-37(45)33-5-3-4-6-34(33)38(46)50-32-17-9-26(10-18-32)24-40-42-36(44)28-13-21-30(48-2)22-14-28/h3-24H,1-2H3,(H,41,43)(H,42,44)/b39-23+,40-24+. The van der Waals surface area contributed by atoms with Gasteiger partial charge in [0.2, 0.25) is 0 Å². The Morgan fingerprint density at radius 3 is 1.16 bits per heavy atom. The summed E-state index contributed by atoms with van der Waals surface area (Å²) in [6.07, 6.45) is 2.89. The van der Waals surface area contributed by atoms with E-state index >= 15 is 0 Å². The molecule has 2 N–H and O–H groups in total. The van der Waals surface area contributed by atoms with Crippen molar-refractivity contribution in [3.8, 4) is 23.0 Å². The molecule has 0 aliphatic heterocycles. The summed E-state index contributed by atoms with van der Waals surface area (Å²) >= 11 is 0. The SMILES string of the molecule is COc1ccc(C(=O)N/N=C/c2ccc(OC(=O)c3ccccc3C(=O)Oc3ccc(/C=N/NC(=O)c4ccc(OC)cc4)cc3)cc2)cc1. The Kier molecular flexibility index (Phi) is 11.4. The molecule has 0 heterocycles. The van der Waals surface area contributed by atoms with Gasteiger partial charge in [0.1, 0.15) is 23.0 Å². The molecule has 0 atom stereocenters. The van der Waals surface area contributed by atoms with Gasteiger partial charge >= 0.3 is 11.9 Å². The van der Waals surface area contributed by atoms with Crippen LogP contribution in [0.2, 0.25) is 0 Å². The van der Waals surface area contributed by atoms with Crippen molar-refractivity contribution >= 4 is 36.2 Å². The van der Waals surface area contributed by atoms with Crippen LogP contribution in [-0.2, 0) is 0 Å². The minimum atomic E-state index is -0.756. The Labute approximate surface area is 287 Å². The van der Waals surface area contributed by atoms with E-state index in [1.165, 1.54) is 24.6 Å². The fourth-order valence-corrected chi connectivity index (χ4v) is 4.35. The number of benzene rings is 5. The van der Waals surface area contributed by atoms with Crippen LogP contribution in [0.1, 0.15) is 52.6 Å². The molecule has 0 aliphatic rings. The van der Waals surface area contributed by atoms with E-state index in [9.17, 15) is 19.2 Å². The molecule has 0 saturated carbocycles. The van der Waals surface area contributed by atoms with Gasteiger partial charge in [0, 0.05) is 11.1 Å². The molecule has 5 aromatic rings. The normalized spacial score (nSPS) is 10.8. The fraction of sp³-hybridized carbons (Fsp3) is 0.0526. The summed E-state index contributed by atoms with van der Waals surface area (Å²) < 4.78 is 21.2. The molecule has 12 nitrogen and oxygen atoms in total. The molecule has 5 aromatic carbocycles. The van der Waals surface area contributed by atoms with Gasteiger partial charge in [-0.2, -0.15) is 10.2 Å². The van der Waals surface area contributed by atoms with Crippen molar-refractivity contribution in [2.75, 3.05) is 14.2 Å². The first-order chi connectivity index (χ1) is 24.3. The number of hydrazone groups is 2. The van der Waals surface area contributed by atoms with E-state index in [0.717, 1.165) is 0 Å². The molecule has 0 aliphatic carbocycles. The Hall–Kier alpha value is -7.08. The third kappa shape index (κ3) is 9.26. The number of hydrogen-bond donors (Lipinski definition) is 2. The van der Waals surface area contributed by atoms with Crippen molar-refractivity contribution in [3.63, 3.8) is 0 Å². The van der Waals surface area contributed by atoms with E-state index < -0.39 is 11.9 Å². The van der Waals surface area contributed by atoms with Crippen molar-refractivity contribution < 1.29 is 38.1 Å². The number of carbonyl (C=O) groups is 4. The van der Waals surface area contributed by atoms with Crippen LogP contribution in [0.5, 0.6) is 23.0 Å². The van der Waals surface area contributed by atoms with Gasteiger partial charge in [0.25, 0.3) is 11.8 Å². The van der Waals surface area contributed by atoms with Gasteiger partial charge in [-0.15, -0.1) is 0 Å². The predicted molar refractivity (Wildman–Crippen MR) is 185 cm³/mol. The van der Waals surface area contributed by atoms with Gasteiger partial charge in [-0.3, -0.25) is 9.59 Å².